The molecule has 0 saturated carbocycles. The third-order valence-corrected chi connectivity index (χ3v) is 3.55. The van der Waals surface area contributed by atoms with E-state index in [1.54, 1.807) is 0 Å². The van der Waals surface area contributed by atoms with E-state index >= 15 is 0 Å². The summed E-state index contributed by atoms with van der Waals surface area (Å²) in [6.07, 6.45) is 1.24. The highest BCUT2D eigenvalue weighted by molar-refractivity contribution is 5.48. The molecule has 0 bridgehead atoms. The first-order chi connectivity index (χ1) is 8.20. The van der Waals surface area contributed by atoms with Crippen LogP contribution in [0.5, 0.6) is 0 Å². The van der Waals surface area contributed by atoms with E-state index in [0.29, 0.717) is 12.6 Å². The maximum atomic E-state index is 5.63. The van der Waals surface area contributed by atoms with Crippen LogP contribution in [-0.4, -0.2) is 37.6 Å². The van der Waals surface area contributed by atoms with E-state index in [4.69, 9.17) is 5.73 Å². The van der Waals surface area contributed by atoms with Gasteiger partial charge >= 0.3 is 0 Å². The molecule has 3 heteroatoms. The van der Waals surface area contributed by atoms with E-state index in [2.05, 4.69) is 48.0 Å². The molecule has 0 aliphatic carbocycles. The maximum absolute atomic E-state index is 5.63. The highest BCUT2D eigenvalue weighted by Gasteiger charge is 2.19. The number of hydrogen-bond donors (Lipinski definition) is 1. The highest BCUT2D eigenvalue weighted by atomic mass is 15.2. The van der Waals surface area contributed by atoms with Crippen LogP contribution in [0.25, 0.3) is 0 Å². The van der Waals surface area contributed by atoms with Crippen molar-refractivity contribution in [3.8, 4) is 0 Å². The smallest absolute Gasteiger partial charge is 0.0388 e. The summed E-state index contributed by atoms with van der Waals surface area (Å²) in [5, 5.41) is 0. The Kier molecular flexibility index (Phi) is 4.02. The number of nitrogens with zero attached hydrogens (tertiary/aromatic N) is 2. The standard InChI is InChI=1S/C14H23N3/c1-12-11-16(2)8-3-9-17(12)14-6-4-13(10-15)5-7-14/h4-7,12H,3,8-11,15H2,1-2H3. The summed E-state index contributed by atoms with van der Waals surface area (Å²) < 4.78 is 0. The van der Waals surface area contributed by atoms with Crippen LogP contribution in [0.3, 0.4) is 0 Å². The molecule has 0 spiro atoms. The Morgan fingerprint density at radius 3 is 2.59 bits per heavy atom. The second kappa shape index (κ2) is 5.52. The first kappa shape index (κ1) is 12.4. The van der Waals surface area contributed by atoms with Crippen molar-refractivity contribution in [3.05, 3.63) is 29.8 Å². The van der Waals surface area contributed by atoms with Crippen LogP contribution < -0.4 is 10.6 Å². The number of likely N-dealkylation sites (N-methyl/N-ethyl adjacent to an activating group) is 1. The molecule has 1 aromatic rings. The zero-order valence-electron chi connectivity index (χ0n) is 10.9. The number of hydrogen-bond acceptors (Lipinski definition) is 3. The second-order valence-electron chi connectivity index (χ2n) is 5.03. The minimum Gasteiger partial charge on any atom is -0.367 e. The van der Waals surface area contributed by atoms with Crippen molar-refractivity contribution in [2.45, 2.75) is 25.9 Å². The largest absolute Gasteiger partial charge is 0.367 e. The molecule has 1 saturated heterocycles. The maximum Gasteiger partial charge on any atom is 0.0388 e. The molecule has 3 nitrogen and oxygen atoms in total. The zero-order chi connectivity index (χ0) is 12.3. The lowest BCUT2D eigenvalue weighted by atomic mass is 10.1. The van der Waals surface area contributed by atoms with Crippen LogP contribution in [0.4, 0.5) is 5.69 Å². The lowest BCUT2D eigenvalue weighted by molar-refractivity contribution is 0.337. The molecule has 2 N–H and O–H groups in total. The van der Waals surface area contributed by atoms with Gasteiger partial charge in [0.1, 0.15) is 0 Å². The molecule has 94 valence electrons. The van der Waals surface area contributed by atoms with Gasteiger partial charge in [0.25, 0.3) is 0 Å². The summed E-state index contributed by atoms with van der Waals surface area (Å²) in [6.45, 7) is 6.41. The van der Waals surface area contributed by atoms with Crippen LogP contribution >= 0.6 is 0 Å². The minimum absolute atomic E-state index is 0.575. The van der Waals surface area contributed by atoms with Crippen LogP contribution in [-0.2, 0) is 6.54 Å². The van der Waals surface area contributed by atoms with E-state index in [1.165, 1.54) is 24.2 Å². The molecule has 1 aromatic carbocycles. The van der Waals surface area contributed by atoms with Crippen LogP contribution in [0, 0.1) is 0 Å². The molecular weight excluding hydrogens is 210 g/mol. The van der Waals surface area contributed by atoms with Gasteiger partial charge in [0.15, 0.2) is 0 Å². The van der Waals surface area contributed by atoms with Crippen molar-refractivity contribution in [2.24, 2.45) is 5.73 Å². The molecule has 1 fully saturated rings. The summed E-state index contributed by atoms with van der Waals surface area (Å²) >= 11 is 0. The molecule has 17 heavy (non-hydrogen) atoms. The van der Waals surface area contributed by atoms with Gasteiger partial charge in [-0.15, -0.1) is 0 Å². The minimum atomic E-state index is 0.575. The first-order valence-electron chi connectivity index (χ1n) is 6.45. The van der Waals surface area contributed by atoms with Crippen LogP contribution in [0.2, 0.25) is 0 Å². The topological polar surface area (TPSA) is 32.5 Å². The van der Waals surface area contributed by atoms with Gasteiger partial charge in [0.05, 0.1) is 0 Å². The fourth-order valence-corrected chi connectivity index (χ4v) is 2.58. The molecule has 0 amide bonds. The molecule has 1 heterocycles. The van der Waals surface area contributed by atoms with Gasteiger partial charge in [0, 0.05) is 31.4 Å². The number of nitrogens with two attached hydrogens (primary N) is 1. The number of anilines is 1. The van der Waals surface area contributed by atoms with Crippen molar-refractivity contribution in [1.82, 2.24) is 4.90 Å². The Balaban J connectivity index is 2.13. The Labute approximate surface area is 104 Å². The summed E-state index contributed by atoms with van der Waals surface area (Å²) in [7, 11) is 2.21. The van der Waals surface area contributed by atoms with E-state index in [9.17, 15) is 0 Å². The van der Waals surface area contributed by atoms with Gasteiger partial charge in [0.2, 0.25) is 0 Å². The van der Waals surface area contributed by atoms with Gasteiger partial charge in [-0.1, -0.05) is 12.1 Å². The van der Waals surface area contributed by atoms with E-state index in [1.807, 2.05) is 0 Å². The first-order valence-corrected chi connectivity index (χ1v) is 6.45. The van der Waals surface area contributed by atoms with Crippen molar-refractivity contribution >= 4 is 5.69 Å². The van der Waals surface area contributed by atoms with Crippen LogP contribution in [0.15, 0.2) is 24.3 Å². The van der Waals surface area contributed by atoms with Gasteiger partial charge in [-0.05, 0) is 44.6 Å². The summed E-state index contributed by atoms with van der Waals surface area (Å²) in [6, 6.07) is 9.24. The Morgan fingerprint density at radius 1 is 1.24 bits per heavy atom. The summed E-state index contributed by atoms with van der Waals surface area (Å²) in [5.41, 5.74) is 8.15. The normalized spacial score (nSPS) is 22.5. The molecular formula is C14H23N3. The predicted octanol–water partition coefficient (Wildman–Crippen LogP) is 1.68. The second-order valence-corrected chi connectivity index (χ2v) is 5.03. The SMILES string of the molecule is CC1CN(C)CCCN1c1ccc(CN)cc1. The van der Waals surface area contributed by atoms with E-state index in [0.717, 1.165) is 13.1 Å². The molecule has 1 unspecified atom stereocenters. The number of benzene rings is 1. The highest BCUT2D eigenvalue weighted by Crippen LogP contribution is 2.20. The van der Waals surface area contributed by atoms with Crippen LogP contribution in [0.1, 0.15) is 18.9 Å². The van der Waals surface area contributed by atoms with Crippen molar-refractivity contribution < 1.29 is 0 Å². The average molecular weight is 233 g/mol. The molecule has 0 radical (unpaired) electrons. The lowest BCUT2D eigenvalue weighted by Gasteiger charge is -2.30. The Bertz CT molecular complexity index is 347. The van der Waals surface area contributed by atoms with Crippen molar-refractivity contribution in [2.75, 3.05) is 31.6 Å². The molecule has 2 rings (SSSR count). The summed E-state index contributed by atoms with van der Waals surface area (Å²) in [5.74, 6) is 0. The quantitative estimate of drug-likeness (QED) is 0.843. The van der Waals surface area contributed by atoms with E-state index < -0.39 is 0 Å². The van der Waals surface area contributed by atoms with Crippen molar-refractivity contribution in [1.29, 1.82) is 0 Å². The Hall–Kier alpha value is -1.06. The average Bonchev–Trinajstić information content (AvgIpc) is 2.50. The van der Waals surface area contributed by atoms with E-state index in [-0.39, 0.29) is 0 Å². The van der Waals surface area contributed by atoms with Gasteiger partial charge < -0.3 is 15.5 Å². The molecule has 1 aliphatic rings. The fourth-order valence-electron chi connectivity index (χ4n) is 2.58. The zero-order valence-corrected chi connectivity index (χ0v) is 10.9. The van der Waals surface area contributed by atoms with Gasteiger partial charge in [-0.3, -0.25) is 0 Å². The predicted molar refractivity (Wildman–Crippen MR) is 73.3 cm³/mol. The molecule has 0 aromatic heterocycles. The summed E-state index contributed by atoms with van der Waals surface area (Å²) in [4.78, 5) is 4.92. The fraction of sp³-hybridized carbons (Fsp3) is 0.571. The number of rotatable bonds is 2. The molecule has 1 atom stereocenters. The molecule has 1 aliphatic heterocycles. The lowest BCUT2D eigenvalue weighted by Crippen LogP contribution is -2.37. The Morgan fingerprint density at radius 2 is 1.94 bits per heavy atom. The van der Waals surface area contributed by atoms with Gasteiger partial charge in [-0.25, -0.2) is 0 Å². The third kappa shape index (κ3) is 2.99. The third-order valence-electron chi connectivity index (χ3n) is 3.55. The monoisotopic (exact) mass is 233 g/mol. The van der Waals surface area contributed by atoms with Gasteiger partial charge in [-0.2, -0.15) is 0 Å². The van der Waals surface area contributed by atoms with Crippen molar-refractivity contribution in [3.63, 3.8) is 0 Å².